The summed E-state index contributed by atoms with van der Waals surface area (Å²) in [5.41, 5.74) is 2.96. The number of nitrogens with zero attached hydrogens (tertiary/aromatic N) is 3. The molecule has 0 amide bonds. The van der Waals surface area contributed by atoms with Gasteiger partial charge in [0, 0.05) is 35.0 Å². The maximum Gasteiger partial charge on any atom is 0.155 e. The van der Waals surface area contributed by atoms with Gasteiger partial charge in [0.15, 0.2) is 5.65 Å². The molecular formula is C16H16FN3. The van der Waals surface area contributed by atoms with E-state index < -0.39 is 0 Å². The Hall–Kier alpha value is -2.23. The van der Waals surface area contributed by atoms with Crippen molar-refractivity contribution in [3.8, 4) is 11.1 Å². The van der Waals surface area contributed by atoms with Crippen LogP contribution in [0.2, 0.25) is 0 Å². The van der Waals surface area contributed by atoms with Crippen molar-refractivity contribution in [1.82, 2.24) is 14.6 Å². The van der Waals surface area contributed by atoms with Crippen molar-refractivity contribution >= 4 is 5.65 Å². The predicted molar refractivity (Wildman–Crippen MR) is 77.1 cm³/mol. The highest BCUT2D eigenvalue weighted by atomic mass is 19.1. The molecule has 0 unspecified atom stereocenters. The van der Waals surface area contributed by atoms with E-state index in [4.69, 9.17) is 0 Å². The molecule has 20 heavy (non-hydrogen) atoms. The fourth-order valence-electron chi connectivity index (χ4n) is 2.08. The summed E-state index contributed by atoms with van der Waals surface area (Å²) in [6.45, 7) is 6.31. The normalized spacial score (nSPS) is 12.0. The first-order valence-electron chi connectivity index (χ1n) is 6.56. The lowest BCUT2D eigenvalue weighted by Crippen LogP contribution is -2.11. The van der Waals surface area contributed by atoms with Gasteiger partial charge in [0.05, 0.1) is 5.69 Å². The quantitative estimate of drug-likeness (QED) is 0.672. The molecule has 102 valence electrons. The molecule has 0 spiro atoms. The molecule has 0 saturated carbocycles. The topological polar surface area (TPSA) is 30.2 Å². The molecule has 0 fully saturated rings. The minimum absolute atomic E-state index is 0.0359. The summed E-state index contributed by atoms with van der Waals surface area (Å²) in [7, 11) is 0. The van der Waals surface area contributed by atoms with Gasteiger partial charge in [-0.05, 0) is 6.07 Å². The van der Waals surface area contributed by atoms with E-state index in [1.807, 2.05) is 18.3 Å². The summed E-state index contributed by atoms with van der Waals surface area (Å²) in [5, 5.41) is 4.53. The molecule has 4 heteroatoms. The van der Waals surface area contributed by atoms with E-state index in [1.54, 1.807) is 22.8 Å². The van der Waals surface area contributed by atoms with Crippen molar-refractivity contribution in [1.29, 1.82) is 0 Å². The van der Waals surface area contributed by atoms with Crippen LogP contribution >= 0.6 is 0 Å². The fraction of sp³-hybridized carbons (Fsp3) is 0.250. The van der Waals surface area contributed by atoms with Gasteiger partial charge in [-0.1, -0.05) is 39.0 Å². The van der Waals surface area contributed by atoms with Crippen molar-refractivity contribution < 1.29 is 4.39 Å². The molecule has 0 saturated heterocycles. The summed E-state index contributed by atoms with van der Waals surface area (Å²) in [6, 6.07) is 8.64. The monoisotopic (exact) mass is 269 g/mol. The second-order valence-electron chi connectivity index (χ2n) is 5.90. The fourth-order valence-corrected chi connectivity index (χ4v) is 2.08. The summed E-state index contributed by atoms with van der Waals surface area (Å²) in [4.78, 5) is 4.37. The Labute approximate surface area is 117 Å². The summed E-state index contributed by atoms with van der Waals surface area (Å²) in [6.07, 6.45) is 3.50. The lowest BCUT2D eigenvalue weighted by molar-refractivity contribution is 0.562. The Morgan fingerprint density at radius 3 is 2.60 bits per heavy atom. The molecule has 3 nitrogen and oxygen atoms in total. The Kier molecular flexibility index (Phi) is 2.82. The van der Waals surface area contributed by atoms with Crippen LogP contribution in [0.4, 0.5) is 4.39 Å². The molecule has 3 rings (SSSR count). The highest BCUT2D eigenvalue weighted by molar-refractivity contribution is 5.63. The SMILES string of the molecule is CC(C)(C)c1cc2ncc(-c3ccccc3F)cn2n1. The average Bonchev–Trinajstić information content (AvgIpc) is 2.82. The minimum atomic E-state index is -0.253. The predicted octanol–water partition coefficient (Wildman–Crippen LogP) is 3.83. The molecule has 0 atom stereocenters. The molecule has 0 aliphatic heterocycles. The van der Waals surface area contributed by atoms with E-state index in [0.717, 1.165) is 16.9 Å². The number of hydrogen-bond donors (Lipinski definition) is 0. The van der Waals surface area contributed by atoms with Crippen LogP contribution < -0.4 is 0 Å². The number of rotatable bonds is 1. The van der Waals surface area contributed by atoms with E-state index in [0.29, 0.717) is 5.56 Å². The maximum absolute atomic E-state index is 13.8. The van der Waals surface area contributed by atoms with Crippen LogP contribution in [0.3, 0.4) is 0 Å². The Bertz CT molecular complexity index is 769. The molecule has 0 aliphatic rings. The highest BCUT2D eigenvalue weighted by Gasteiger charge is 2.18. The minimum Gasteiger partial charge on any atom is -0.236 e. The third-order valence-corrected chi connectivity index (χ3v) is 3.27. The van der Waals surface area contributed by atoms with Crippen LogP contribution in [0.5, 0.6) is 0 Å². The molecular weight excluding hydrogens is 253 g/mol. The van der Waals surface area contributed by atoms with Gasteiger partial charge in [0.25, 0.3) is 0 Å². The first-order chi connectivity index (χ1) is 9.45. The first kappa shape index (κ1) is 12.8. The number of aromatic nitrogens is 3. The molecule has 0 N–H and O–H groups in total. The van der Waals surface area contributed by atoms with Gasteiger partial charge in [-0.25, -0.2) is 13.9 Å². The first-order valence-corrected chi connectivity index (χ1v) is 6.56. The van der Waals surface area contributed by atoms with Gasteiger partial charge < -0.3 is 0 Å². The van der Waals surface area contributed by atoms with E-state index in [9.17, 15) is 4.39 Å². The van der Waals surface area contributed by atoms with Crippen molar-refractivity contribution in [3.05, 3.63) is 54.2 Å². The van der Waals surface area contributed by atoms with Crippen LogP contribution in [0.1, 0.15) is 26.5 Å². The van der Waals surface area contributed by atoms with E-state index in [1.165, 1.54) is 6.07 Å². The zero-order chi connectivity index (χ0) is 14.3. The van der Waals surface area contributed by atoms with Crippen molar-refractivity contribution in [2.24, 2.45) is 0 Å². The smallest absolute Gasteiger partial charge is 0.155 e. The lowest BCUT2D eigenvalue weighted by Gasteiger charge is -2.13. The van der Waals surface area contributed by atoms with Crippen LogP contribution in [0.25, 0.3) is 16.8 Å². The lowest BCUT2D eigenvalue weighted by atomic mass is 9.93. The summed E-state index contributed by atoms with van der Waals surface area (Å²) in [5.74, 6) is -0.253. The van der Waals surface area contributed by atoms with Crippen LogP contribution in [0, 0.1) is 5.82 Å². The largest absolute Gasteiger partial charge is 0.236 e. The van der Waals surface area contributed by atoms with Gasteiger partial charge in [0.1, 0.15) is 5.82 Å². The Morgan fingerprint density at radius 1 is 1.15 bits per heavy atom. The Morgan fingerprint density at radius 2 is 1.90 bits per heavy atom. The zero-order valence-electron chi connectivity index (χ0n) is 11.8. The highest BCUT2D eigenvalue weighted by Crippen LogP contribution is 2.24. The van der Waals surface area contributed by atoms with Gasteiger partial charge in [-0.15, -0.1) is 0 Å². The standard InChI is InChI=1S/C16H16FN3/c1-16(2,3)14-8-15-18-9-11(10-20(15)19-14)12-6-4-5-7-13(12)17/h4-10H,1-3H3. The molecule has 2 aromatic heterocycles. The maximum atomic E-state index is 13.8. The molecule has 1 aromatic carbocycles. The molecule has 0 radical (unpaired) electrons. The van der Waals surface area contributed by atoms with E-state index in [2.05, 4.69) is 30.9 Å². The molecule has 2 heterocycles. The number of fused-ring (bicyclic) bond motifs is 1. The van der Waals surface area contributed by atoms with Crippen LogP contribution in [-0.4, -0.2) is 14.6 Å². The second-order valence-corrected chi connectivity index (χ2v) is 5.90. The van der Waals surface area contributed by atoms with Gasteiger partial charge in [0.2, 0.25) is 0 Å². The van der Waals surface area contributed by atoms with E-state index >= 15 is 0 Å². The van der Waals surface area contributed by atoms with Crippen LogP contribution in [-0.2, 0) is 5.41 Å². The van der Waals surface area contributed by atoms with E-state index in [-0.39, 0.29) is 11.2 Å². The molecule has 0 bridgehead atoms. The summed E-state index contributed by atoms with van der Waals surface area (Å²) >= 11 is 0. The van der Waals surface area contributed by atoms with Crippen LogP contribution in [0.15, 0.2) is 42.7 Å². The molecule has 0 aliphatic carbocycles. The number of benzene rings is 1. The summed E-state index contributed by atoms with van der Waals surface area (Å²) < 4.78 is 15.5. The van der Waals surface area contributed by atoms with Gasteiger partial charge in [-0.3, -0.25) is 0 Å². The Balaban J connectivity index is 2.14. The number of halogens is 1. The molecule has 3 aromatic rings. The van der Waals surface area contributed by atoms with Crippen molar-refractivity contribution in [2.75, 3.05) is 0 Å². The third-order valence-electron chi connectivity index (χ3n) is 3.27. The average molecular weight is 269 g/mol. The van der Waals surface area contributed by atoms with Gasteiger partial charge >= 0.3 is 0 Å². The van der Waals surface area contributed by atoms with Gasteiger partial charge in [-0.2, -0.15) is 5.10 Å². The van der Waals surface area contributed by atoms with Crippen molar-refractivity contribution in [3.63, 3.8) is 0 Å². The third kappa shape index (κ3) is 2.18. The number of hydrogen-bond acceptors (Lipinski definition) is 2. The van der Waals surface area contributed by atoms with Crippen molar-refractivity contribution in [2.45, 2.75) is 26.2 Å². The zero-order valence-corrected chi connectivity index (χ0v) is 11.8. The second kappa shape index (κ2) is 4.40.